The molecule has 0 aliphatic heterocycles. The van der Waals surface area contributed by atoms with Crippen molar-refractivity contribution in [3.05, 3.63) is 65.7 Å². The highest BCUT2D eigenvalue weighted by Gasteiger charge is 2.26. The van der Waals surface area contributed by atoms with E-state index in [1.165, 1.54) is 24.3 Å². The summed E-state index contributed by atoms with van der Waals surface area (Å²) >= 11 is 0. The summed E-state index contributed by atoms with van der Waals surface area (Å²) in [4.78, 5) is 61.1. The number of ether oxygens (including phenoxy) is 3. The van der Waals surface area contributed by atoms with Crippen LogP contribution in [0.3, 0.4) is 0 Å². The maximum absolute atomic E-state index is 12.8. The molecule has 0 saturated heterocycles. The number of esters is 3. The van der Waals surface area contributed by atoms with Gasteiger partial charge in [0.15, 0.2) is 6.61 Å². The van der Waals surface area contributed by atoms with Gasteiger partial charge in [0.2, 0.25) is 5.91 Å². The molecule has 0 fully saturated rings. The molecule has 10 nitrogen and oxygen atoms in total. The van der Waals surface area contributed by atoms with Crippen LogP contribution < -0.4 is 10.6 Å². The van der Waals surface area contributed by atoms with Crippen LogP contribution in [0.1, 0.15) is 50.0 Å². The lowest BCUT2D eigenvalue weighted by Crippen LogP contribution is -2.38. The Kier molecular flexibility index (Phi) is 11.5. The van der Waals surface area contributed by atoms with Crippen molar-refractivity contribution in [1.82, 2.24) is 5.32 Å². The zero-order valence-corrected chi connectivity index (χ0v) is 22.1. The zero-order chi connectivity index (χ0) is 28.1. The van der Waals surface area contributed by atoms with Gasteiger partial charge in [-0.15, -0.1) is 0 Å². The predicted octanol–water partition coefficient (Wildman–Crippen LogP) is 3.05. The third kappa shape index (κ3) is 11.2. The monoisotopic (exact) mass is 526 g/mol. The van der Waals surface area contributed by atoms with E-state index in [9.17, 15) is 24.0 Å². The molecule has 2 amide bonds. The van der Waals surface area contributed by atoms with Crippen LogP contribution >= 0.6 is 0 Å². The van der Waals surface area contributed by atoms with Gasteiger partial charge in [0, 0.05) is 5.69 Å². The molecule has 0 aliphatic rings. The lowest BCUT2D eigenvalue weighted by molar-refractivity contribution is -0.157. The molecule has 1 atom stereocenters. The minimum atomic E-state index is -0.818. The molecule has 10 heteroatoms. The van der Waals surface area contributed by atoms with Crippen molar-refractivity contribution in [2.24, 2.45) is 5.92 Å². The van der Waals surface area contributed by atoms with Crippen molar-refractivity contribution in [2.45, 2.75) is 46.1 Å². The topological polar surface area (TPSA) is 137 Å². The largest absolute Gasteiger partial charge is 0.462 e. The first-order valence-electron chi connectivity index (χ1n) is 12.2. The molecule has 0 bridgehead atoms. The normalized spacial score (nSPS) is 11.6. The number of amides is 2. The first-order chi connectivity index (χ1) is 18.0. The van der Waals surface area contributed by atoms with Gasteiger partial charge in [-0.1, -0.05) is 30.3 Å². The molecular formula is C28H34N2O8. The van der Waals surface area contributed by atoms with E-state index in [4.69, 9.17) is 14.2 Å². The molecule has 2 rings (SSSR count). The van der Waals surface area contributed by atoms with E-state index in [2.05, 4.69) is 10.6 Å². The van der Waals surface area contributed by atoms with Gasteiger partial charge in [-0.25, -0.2) is 4.79 Å². The molecule has 0 saturated carbocycles. The highest BCUT2D eigenvalue weighted by atomic mass is 16.6. The van der Waals surface area contributed by atoms with Crippen LogP contribution in [-0.2, 0) is 39.8 Å². The molecular weight excluding hydrogens is 492 g/mol. The number of nitrogens with one attached hydrogen (secondary N) is 2. The number of hydrogen-bond donors (Lipinski definition) is 2. The summed E-state index contributed by atoms with van der Waals surface area (Å²) < 4.78 is 15.2. The Labute approximate surface area is 222 Å². The Hall–Kier alpha value is -4.21. The Bertz CT molecular complexity index is 1110. The fraction of sp³-hybridized carbons (Fsp3) is 0.393. The summed E-state index contributed by atoms with van der Waals surface area (Å²) in [6.45, 7) is 6.12. The van der Waals surface area contributed by atoms with Gasteiger partial charge in [-0.2, -0.15) is 0 Å². The number of benzene rings is 2. The van der Waals surface area contributed by atoms with Gasteiger partial charge in [-0.05, 0) is 63.9 Å². The lowest BCUT2D eigenvalue weighted by Gasteiger charge is -2.22. The molecule has 2 N–H and O–H groups in total. The van der Waals surface area contributed by atoms with Gasteiger partial charge in [-0.3, -0.25) is 19.2 Å². The molecule has 2 aromatic carbocycles. The molecule has 0 unspecified atom stereocenters. The third-order valence-electron chi connectivity index (χ3n) is 4.98. The molecule has 2 aromatic rings. The molecule has 0 aliphatic carbocycles. The summed E-state index contributed by atoms with van der Waals surface area (Å²) in [5.41, 5.74) is 0.895. The number of carbonyl (C=O) groups excluding carboxylic acids is 5. The second kappa shape index (κ2) is 14.5. The number of carbonyl (C=O) groups is 5. The second-order valence-electron chi connectivity index (χ2n) is 9.40. The van der Waals surface area contributed by atoms with Crippen molar-refractivity contribution in [3.8, 4) is 0 Å². The van der Waals surface area contributed by atoms with Gasteiger partial charge < -0.3 is 24.8 Å². The summed E-state index contributed by atoms with van der Waals surface area (Å²) in [6, 6.07) is 15.2. The number of anilines is 1. The summed E-state index contributed by atoms with van der Waals surface area (Å²) in [7, 11) is 0. The third-order valence-corrected chi connectivity index (χ3v) is 4.98. The Morgan fingerprint density at radius 2 is 1.53 bits per heavy atom. The Balaban J connectivity index is 1.84. The van der Waals surface area contributed by atoms with Crippen LogP contribution in [0, 0.1) is 5.92 Å². The minimum absolute atomic E-state index is 0.162. The van der Waals surface area contributed by atoms with E-state index in [0.717, 1.165) is 5.56 Å². The lowest BCUT2D eigenvalue weighted by atomic mass is 9.95. The first kappa shape index (κ1) is 30.0. The van der Waals surface area contributed by atoms with Gasteiger partial charge in [0.1, 0.15) is 12.1 Å². The predicted molar refractivity (Wildman–Crippen MR) is 139 cm³/mol. The Morgan fingerprint density at radius 1 is 0.868 bits per heavy atom. The van der Waals surface area contributed by atoms with Gasteiger partial charge >= 0.3 is 17.9 Å². The van der Waals surface area contributed by atoms with Crippen molar-refractivity contribution < 1.29 is 38.2 Å². The van der Waals surface area contributed by atoms with Crippen molar-refractivity contribution >= 4 is 35.4 Å². The standard InChI is InChI=1S/C28H34N2O8/c1-5-36-27(35)20-11-13-22(14-12-20)30-23(31)18-37-25(33)17-29-26(34)21(15-19-9-7-6-8-10-19)16-24(32)38-28(2,3)4/h6-14,21H,5,15-18H2,1-4H3,(H,29,34)(H,30,31)/t21-/m1/s1. The first-order valence-corrected chi connectivity index (χ1v) is 12.2. The zero-order valence-electron chi connectivity index (χ0n) is 22.1. The quantitative estimate of drug-likeness (QED) is 0.318. The fourth-order valence-electron chi connectivity index (χ4n) is 3.34. The van der Waals surface area contributed by atoms with Crippen LogP contribution in [0.15, 0.2) is 54.6 Å². The Morgan fingerprint density at radius 3 is 2.13 bits per heavy atom. The maximum Gasteiger partial charge on any atom is 0.338 e. The maximum atomic E-state index is 12.8. The van der Waals surface area contributed by atoms with Crippen molar-refractivity contribution in [2.75, 3.05) is 25.1 Å². The molecule has 0 spiro atoms. The summed E-state index contributed by atoms with van der Waals surface area (Å²) in [5, 5.41) is 5.01. The van der Waals surface area contributed by atoms with E-state index in [1.807, 2.05) is 30.3 Å². The molecule has 204 valence electrons. The number of hydrogen-bond acceptors (Lipinski definition) is 8. The van der Waals surface area contributed by atoms with Crippen LogP contribution in [0.25, 0.3) is 0 Å². The molecule has 0 radical (unpaired) electrons. The van der Waals surface area contributed by atoms with Crippen LogP contribution in [0.2, 0.25) is 0 Å². The van der Waals surface area contributed by atoms with E-state index in [-0.39, 0.29) is 19.4 Å². The SMILES string of the molecule is CCOC(=O)c1ccc(NC(=O)COC(=O)CNC(=O)[C@@H](CC(=O)OC(C)(C)C)Cc2ccccc2)cc1. The average molecular weight is 527 g/mol. The minimum Gasteiger partial charge on any atom is -0.462 e. The van der Waals surface area contributed by atoms with Crippen LogP contribution in [-0.4, -0.2) is 55.1 Å². The van der Waals surface area contributed by atoms with E-state index >= 15 is 0 Å². The molecule has 0 aromatic heterocycles. The van der Waals surface area contributed by atoms with E-state index < -0.39 is 54.4 Å². The summed E-state index contributed by atoms with van der Waals surface area (Å²) in [6.07, 6.45) is 0.114. The van der Waals surface area contributed by atoms with Gasteiger partial charge in [0.05, 0.1) is 24.5 Å². The number of rotatable bonds is 12. The molecule has 0 heterocycles. The average Bonchev–Trinajstić information content (AvgIpc) is 2.85. The van der Waals surface area contributed by atoms with Gasteiger partial charge in [0.25, 0.3) is 5.91 Å². The van der Waals surface area contributed by atoms with Crippen molar-refractivity contribution in [3.63, 3.8) is 0 Å². The highest BCUT2D eigenvalue weighted by Crippen LogP contribution is 2.17. The smallest absolute Gasteiger partial charge is 0.338 e. The highest BCUT2D eigenvalue weighted by molar-refractivity contribution is 5.94. The van der Waals surface area contributed by atoms with Crippen molar-refractivity contribution in [1.29, 1.82) is 0 Å². The molecule has 38 heavy (non-hydrogen) atoms. The van der Waals surface area contributed by atoms with Crippen LogP contribution in [0.5, 0.6) is 0 Å². The van der Waals surface area contributed by atoms with Crippen LogP contribution in [0.4, 0.5) is 5.69 Å². The van der Waals surface area contributed by atoms with E-state index in [0.29, 0.717) is 11.3 Å². The summed E-state index contributed by atoms with van der Waals surface area (Å²) in [5.74, 6) is -3.69. The van der Waals surface area contributed by atoms with E-state index in [1.54, 1.807) is 27.7 Å². The fourth-order valence-corrected chi connectivity index (χ4v) is 3.34. The second-order valence-corrected chi connectivity index (χ2v) is 9.40.